The second-order valence-electron chi connectivity index (χ2n) is 3.27. The minimum Gasteiger partial charge on any atom is -0.286 e. The Morgan fingerprint density at radius 3 is 2.69 bits per heavy atom. The first-order chi connectivity index (χ1) is 7.74. The molecule has 0 spiro atoms. The van der Waals surface area contributed by atoms with Crippen molar-refractivity contribution in [1.29, 1.82) is 0 Å². The molecule has 0 radical (unpaired) electrons. The molecule has 0 atom stereocenters. The molecule has 3 heteroatoms. The lowest BCUT2D eigenvalue weighted by Gasteiger charge is -2.02. The Bertz CT molecular complexity index is 582. The second-order valence-corrected chi connectivity index (χ2v) is 3.27. The normalized spacial score (nSPS) is 10.0. The summed E-state index contributed by atoms with van der Waals surface area (Å²) in [6.45, 7) is 3.30. The van der Waals surface area contributed by atoms with Crippen LogP contribution in [0, 0.1) is 0 Å². The molecule has 0 aliphatic rings. The molecule has 1 heterocycles. The molecule has 0 N–H and O–H groups in total. The van der Waals surface area contributed by atoms with Gasteiger partial charge in [-0.2, -0.15) is 0 Å². The lowest BCUT2D eigenvalue weighted by Crippen LogP contribution is -2.11. The highest BCUT2D eigenvalue weighted by atomic mass is 16.2. The predicted molar refractivity (Wildman–Crippen MR) is 61.3 cm³/mol. The number of pyridine rings is 1. The van der Waals surface area contributed by atoms with Crippen LogP contribution >= 0.6 is 0 Å². The van der Waals surface area contributed by atoms with Gasteiger partial charge in [-0.25, -0.2) is 0 Å². The number of hydrogen-bond acceptors (Lipinski definition) is 3. The lowest BCUT2D eigenvalue weighted by atomic mass is 10.0. The molecule has 78 valence electrons. The maximum Gasteiger partial charge on any atom is 0.233 e. The van der Waals surface area contributed by atoms with Crippen LogP contribution in [0.15, 0.2) is 49.2 Å². The number of para-hydroxylation sites is 1. The van der Waals surface area contributed by atoms with Crippen LogP contribution in [0.3, 0.4) is 0 Å². The fraction of sp³-hybridized carbons (Fsp3) is 0. The van der Waals surface area contributed by atoms with E-state index in [1.165, 1.54) is 6.20 Å². The Morgan fingerprint density at radius 1 is 1.19 bits per heavy atom. The number of ketones is 2. The molecule has 0 fully saturated rings. The molecule has 0 saturated heterocycles. The van der Waals surface area contributed by atoms with Crippen molar-refractivity contribution < 1.29 is 9.59 Å². The van der Waals surface area contributed by atoms with Crippen LogP contribution in [0.5, 0.6) is 0 Å². The molecular formula is C13H9NO2. The van der Waals surface area contributed by atoms with Crippen molar-refractivity contribution in [2.24, 2.45) is 0 Å². The number of benzene rings is 1. The summed E-state index contributed by atoms with van der Waals surface area (Å²) in [5, 5.41) is 0.685. The average Bonchev–Trinajstić information content (AvgIpc) is 2.36. The van der Waals surface area contributed by atoms with E-state index in [0.717, 1.165) is 6.08 Å². The average molecular weight is 211 g/mol. The summed E-state index contributed by atoms with van der Waals surface area (Å²) >= 11 is 0. The van der Waals surface area contributed by atoms with E-state index in [4.69, 9.17) is 0 Å². The van der Waals surface area contributed by atoms with Gasteiger partial charge >= 0.3 is 0 Å². The maximum atomic E-state index is 11.7. The highest BCUT2D eigenvalue weighted by molar-refractivity contribution is 6.49. The van der Waals surface area contributed by atoms with Crippen LogP contribution in [-0.4, -0.2) is 16.6 Å². The minimum absolute atomic E-state index is 0.371. The smallest absolute Gasteiger partial charge is 0.233 e. The first-order valence-electron chi connectivity index (χ1n) is 4.79. The fourth-order valence-corrected chi connectivity index (χ4v) is 1.52. The number of fused-ring (bicyclic) bond motifs is 1. The third kappa shape index (κ3) is 1.63. The summed E-state index contributed by atoms with van der Waals surface area (Å²) in [6.07, 6.45) is 2.55. The van der Waals surface area contributed by atoms with Crippen LogP contribution in [0.4, 0.5) is 0 Å². The maximum absolute atomic E-state index is 11.7. The van der Waals surface area contributed by atoms with Gasteiger partial charge in [0.25, 0.3) is 0 Å². The molecule has 1 aromatic carbocycles. The first-order valence-corrected chi connectivity index (χ1v) is 4.79. The van der Waals surface area contributed by atoms with Crippen molar-refractivity contribution in [2.75, 3.05) is 0 Å². The number of aromatic nitrogens is 1. The zero-order valence-corrected chi connectivity index (χ0v) is 8.51. The number of allylic oxidation sites excluding steroid dienone is 1. The van der Waals surface area contributed by atoms with E-state index in [2.05, 4.69) is 11.6 Å². The van der Waals surface area contributed by atoms with Gasteiger partial charge in [-0.15, -0.1) is 0 Å². The van der Waals surface area contributed by atoms with Gasteiger partial charge in [0.2, 0.25) is 11.6 Å². The molecule has 3 nitrogen and oxygen atoms in total. The van der Waals surface area contributed by atoms with Gasteiger partial charge in [0.05, 0.1) is 5.52 Å². The number of hydrogen-bond donors (Lipinski definition) is 0. The largest absolute Gasteiger partial charge is 0.286 e. The molecule has 0 bridgehead atoms. The monoisotopic (exact) mass is 211 g/mol. The van der Waals surface area contributed by atoms with Crippen LogP contribution in [0.1, 0.15) is 10.4 Å². The third-order valence-corrected chi connectivity index (χ3v) is 2.30. The van der Waals surface area contributed by atoms with E-state index in [1.807, 2.05) is 6.07 Å². The van der Waals surface area contributed by atoms with E-state index in [-0.39, 0.29) is 0 Å². The van der Waals surface area contributed by atoms with Gasteiger partial charge in [0.1, 0.15) is 0 Å². The van der Waals surface area contributed by atoms with Crippen molar-refractivity contribution >= 4 is 22.5 Å². The molecular weight excluding hydrogens is 202 g/mol. The van der Waals surface area contributed by atoms with E-state index >= 15 is 0 Å². The summed E-state index contributed by atoms with van der Waals surface area (Å²) in [4.78, 5) is 27.1. The Morgan fingerprint density at radius 2 is 1.94 bits per heavy atom. The van der Waals surface area contributed by atoms with Crippen molar-refractivity contribution in [1.82, 2.24) is 4.98 Å². The van der Waals surface area contributed by atoms with Crippen LogP contribution < -0.4 is 0 Å². The van der Waals surface area contributed by atoms with Gasteiger partial charge in [-0.1, -0.05) is 24.8 Å². The SMILES string of the molecule is C=CC(=O)C(=O)c1ccnc2ccccc12. The standard InChI is InChI=1S/C13H9NO2/c1-2-12(15)13(16)10-7-8-14-11-6-4-3-5-9(10)11/h2-8H,1H2. The van der Waals surface area contributed by atoms with E-state index in [9.17, 15) is 9.59 Å². The van der Waals surface area contributed by atoms with E-state index < -0.39 is 11.6 Å². The minimum atomic E-state index is -0.601. The molecule has 0 saturated carbocycles. The number of carbonyl (C=O) groups excluding carboxylic acids is 2. The summed E-state index contributed by atoms with van der Waals surface area (Å²) in [5.74, 6) is -1.15. The lowest BCUT2D eigenvalue weighted by molar-refractivity contribution is -0.110. The number of Topliss-reactive ketones (excluding diaryl/α,β-unsaturated/α-hetero) is 1. The van der Waals surface area contributed by atoms with Gasteiger partial charge in [0.15, 0.2) is 0 Å². The third-order valence-electron chi connectivity index (χ3n) is 2.30. The quantitative estimate of drug-likeness (QED) is 0.444. The first kappa shape index (κ1) is 10.2. The molecule has 0 aliphatic carbocycles. The van der Waals surface area contributed by atoms with Crippen molar-refractivity contribution in [3.63, 3.8) is 0 Å². The number of rotatable bonds is 3. The van der Waals surface area contributed by atoms with Gasteiger partial charge in [-0.3, -0.25) is 14.6 Å². The summed E-state index contributed by atoms with van der Waals surface area (Å²) in [5.41, 5.74) is 1.07. The van der Waals surface area contributed by atoms with Gasteiger partial charge in [-0.05, 0) is 18.2 Å². The van der Waals surface area contributed by atoms with Gasteiger partial charge < -0.3 is 0 Å². The van der Waals surface area contributed by atoms with E-state index in [1.54, 1.807) is 24.3 Å². The Balaban J connectivity index is 2.65. The number of carbonyl (C=O) groups is 2. The molecule has 2 aromatic rings. The molecule has 0 aliphatic heterocycles. The Labute approximate surface area is 92.4 Å². The summed E-state index contributed by atoms with van der Waals surface area (Å²) in [6, 6.07) is 8.75. The Hall–Kier alpha value is -2.29. The predicted octanol–water partition coefficient (Wildman–Crippen LogP) is 2.17. The second kappa shape index (κ2) is 4.06. The molecule has 0 amide bonds. The molecule has 16 heavy (non-hydrogen) atoms. The van der Waals surface area contributed by atoms with Crippen molar-refractivity contribution in [2.45, 2.75) is 0 Å². The van der Waals surface area contributed by atoms with E-state index in [0.29, 0.717) is 16.5 Å². The summed E-state index contributed by atoms with van der Waals surface area (Å²) < 4.78 is 0. The Kier molecular flexibility index (Phi) is 2.60. The van der Waals surface area contributed by atoms with Crippen LogP contribution in [0.2, 0.25) is 0 Å². The topological polar surface area (TPSA) is 47.0 Å². The molecule has 2 rings (SSSR count). The van der Waals surface area contributed by atoms with Crippen molar-refractivity contribution in [3.8, 4) is 0 Å². The summed E-state index contributed by atoms with van der Waals surface area (Å²) in [7, 11) is 0. The van der Waals surface area contributed by atoms with Crippen molar-refractivity contribution in [3.05, 3.63) is 54.7 Å². The number of nitrogens with zero attached hydrogens (tertiary/aromatic N) is 1. The zero-order valence-electron chi connectivity index (χ0n) is 8.51. The van der Waals surface area contributed by atoms with Crippen LogP contribution in [0.25, 0.3) is 10.9 Å². The zero-order chi connectivity index (χ0) is 11.5. The highest BCUT2D eigenvalue weighted by Gasteiger charge is 2.15. The van der Waals surface area contributed by atoms with Crippen LogP contribution in [-0.2, 0) is 4.79 Å². The molecule has 0 unspecified atom stereocenters. The van der Waals surface area contributed by atoms with Gasteiger partial charge in [0, 0.05) is 17.1 Å². The highest BCUT2D eigenvalue weighted by Crippen LogP contribution is 2.16. The molecule has 1 aromatic heterocycles. The fourth-order valence-electron chi connectivity index (χ4n) is 1.52.